The Morgan fingerprint density at radius 3 is 2.48 bits per heavy atom. The number of rotatable bonds is 4. The van der Waals surface area contributed by atoms with E-state index in [4.69, 9.17) is 4.74 Å². The highest BCUT2D eigenvalue weighted by Crippen LogP contribution is 2.31. The van der Waals surface area contributed by atoms with Crippen molar-refractivity contribution in [1.82, 2.24) is 15.1 Å². The van der Waals surface area contributed by atoms with Crippen LogP contribution in [-0.4, -0.2) is 73.7 Å². The summed E-state index contributed by atoms with van der Waals surface area (Å²) in [6.45, 7) is 8.26. The lowest BCUT2D eigenvalue weighted by Crippen LogP contribution is -2.62. The number of ether oxygens (including phenoxy) is 1. The number of nitrogens with one attached hydrogen (secondary N) is 1. The van der Waals surface area contributed by atoms with Gasteiger partial charge >= 0.3 is 0 Å². The van der Waals surface area contributed by atoms with E-state index < -0.39 is 0 Å². The summed E-state index contributed by atoms with van der Waals surface area (Å²) in [7, 11) is 2.20. The molecule has 0 aromatic carbocycles. The second-order valence-corrected chi connectivity index (χ2v) is 7.85. The van der Waals surface area contributed by atoms with Crippen LogP contribution in [0.15, 0.2) is 0 Å². The summed E-state index contributed by atoms with van der Waals surface area (Å²) in [5, 5.41) is 3.25. The van der Waals surface area contributed by atoms with Crippen molar-refractivity contribution in [3.63, 3.8) is 0 Å². The third-order valence-corrected chi connectivity index (χ3v) is 6.18. The molecule has 132 valence electrons. The molecule has 3 aliphatic heterocycles. The average molecular weight is 323 g/mol. The summed E-state index contributed by atoms with van der Waals surface area (Å²) < 4.78 is 5.63. The number of amides is 1. The van der Waals surface area contributed by atoms with Crippen molar-refractivity contribution in [3.05, 3.63) is 0 Å². The average Bonchev–Trinajstić information content (AvgIpc) is 3.01. The fourth-order valence-corrected chi connectivity index (χ4v) is 4.39. The molecule has 0 radical (unpaired) electrons. The van der Waals surface area contributed by atoms with Crippen LogP contribution in [0.3, 0.4) is 0 Å². The van der Waals surface area contributed by atoms with Crippen molar-refractivity contribution < 1.29 is 9.53 Å². The fourth-order valence-electron chi connectivity index (χ4n) is 4.39. The predicted octanol–water partition coefficient (Wildman–Crippen LogP) is 1.48. The first-order valence-corrected chi connectivity index (χ1v) is 9.44. The molecule has 3 rings (SSSR count). The maximum absolute atomic E-state index is 12.5. The first-order chi connectivity index (χ1) is 11.1. The molecule has 0 saturated carbocycles. The Morgan fingerprint density at radius 2 is 1.87 bits per heavy atom. The number of piperidine rings is 2. The van der Waals surface area contributed by atoms with Gasteiger partial charge in [0.1, 0.15) is 6.10 Å². The molecule has 3 aliphatic rings. The smallest absolute Gasteiger partial charge is 0.249 e. The molecule has 0 aromatic heterocycles. The number of nitrogens with zero attached hydrogens (tertiary/aromatic N) is 2. The van der Waals surface area contributed by atoms with Gasteiger partial charge in [0.25, 0.3) is 0 Å². The Balaban J connectivity index is 1.62. The number of hydrogen-bond donors (Lipinski definition) is 1. The highest BCUT2D eigenvalue weighted by molar-refractivity contribution is 5.81. The fraction of sp³-hybridized carbons (Fsp3) is 0.944. The van der Waals surface area contributed by atoms with Gasteiger partial charge in [-0.2, -0.15) is 0 Å². The lowest BCUT2D eigenvalue weighted by atomic mass is 9.84. The van der Waals surface area contributed by atoms with Crippen LogP contribution >= 0.6 is 0 Å². The molecule has 1 N–H and O–H groups in total. The van der Waals surface area contributed by atoms with E-state index in [1.807, 2.05) is 0 Å². The van der Waals surface area contributed by atoms with Crippen LogP contribution in [0, 0.1) is 5.92 Å². The monoisotopic (exact) mass is 323 g/mol. The molecule has 0 bridgehead atoms. The van der Waals surface area contributed by atoms with E-state index in [1.165, 1.54) is 32.4 Å². The highest BCUT2D eigenvalue weighted by atomic mass is 16.5. The van der Waals surface area contributed by atoms with E-state index in [1.54, 1.807) is 0 Å². The zero-order valence-electron chi connectivity index (χ0n) is 14.9. The second-order valence-electron chi connectivity index (χ2n) is 7.85. The van der Waals surface area contributed by atoms with Crippen LogP contribution in [0.25, 0.3) is 0 Å². The molecule has 0 unspecified atom stereocenters. The topological polar surface area (TPSA) is 44.8 Å². The number of hydrogen-bond acceptors (Lipinski definition) is 4. The number of carbonyl (C=O) groups is 1. The van der Waals surface area contributed by atoms with Gasteiger partial charge in [-0.15, -0.1) is 0 Å². The predicted molar refractivity (Wildman–Crippen MR) is 91.4 cm³/mol. The zero-order chi connectivity index (χ0) is 16.3. The number of likely N-dealkylation sites (tertiary alicyclic amines) is 2. The van der Waals surface area contributed by atoms with Crippen LogP contribution in [0.2, 0.25) is 0 Å². The summed E-state index contributed by atoms with van der Waals surface area (Å²) in [5.74, 6) is 0.448. The molecule has 0 aromatic rings. The van der Waals surface area contributed by atoms with Crippen molar-refractivity contribution in [2.24, 2.45) is 5.92 Å². The molecule has 3 heterocycles. The third kappa shape index (κ3) is 3.89. The molecule has 0 spiro atoms. The molecule has 2 atom stereocenters. The Labute approximate surface area is 140 Å². The minimum atomic E-state index is -0.236. The van der Waals surface area contributed by atoms with Crippen LogP contribution in [0.5, 0.6) is 0 Å². The maximum Gasteiger partial charge on any atom is 0.249 e. The van der Waals surface area contributed by atoms with Gasteiger partial charge in [-0.3, -0.25) is 9.69 Å². The van der Waals surface area contributed by atoms with Crippen LogP contribution in [0.1, 0.15) is 45.4 Å². The first kappa shape index (κ1) is 17.2. The van der Waals surface area contributed by atoms with Crippen LogP contribution in [-0.2, 0) is 9.53 Å². The van der Waals surface area contributed by atoms with E-state index >= 15 is 0 Å². The van der Waals surface area contributed by atoms with E-state index in [-0.39, 0.29) is 17.6 Å². The van der Waals surface area contributed by atoms with Crippen LogP contribution < -0.4 is 5.32 Å². The lowest BCUT2D eigenvalue weighted by Gasteiger charge is -2.50. The maximum atomic E-state index is 12.5. The second kappa shape index (κ2) is 7.49. The summed E-state index contributed by atoms with van der Waals surface area (Å²) in [6.07, 6.45) is 7.03. The molecule has 5 nitrogen and oxygen atoms in total. The van der Waals surface area contributed by atoms with Gasteiger partial charge in [0.05, 0.1) is 0 Å². The van der Waals surface area contributed by atoms with Crippen molar-refractivity contribution in [3.8, 4) is 0 Å². The van der Waals surface area contributed by atoms with E-state index in [0.717, 1.165) is 45.5 Å². The molecular weight excluding hydrogens is 290 g/mol. The molecular formula is C18H33N3O2. The van der Waals surface area contributed by atoms with Gasteiger partial charge in [-0.25, -0.2) is 0 Å². The minimum absolute atomic E-state index is 0.102. The van der Waals surface area contributed by atoms with Crippen molar-refractivity contribution in [1.29, 1.82) is 0 Å². The van der Waals surface area contributed by atoms with Crippen molar-refractivity contribution in [2.45, 2.75) is 57.1 Å². The van der Waals surface area contributed by atoms with Gasteiger partial charge in [0.15, 0.2) is 0 Å². The molecule has 3 fully saturated rings. The van der Waals surface area contributed by atoms with Gasteiger partial charge in [0, 0.05) is 18.7 Å². The Hall–Kier alpha value is -0.650. The molecule has 23 heavy (non-hydrogen) atoms. The van der Waals surface area contributed by atoms with Crippen molar-refractivity contribution in [2.75, 3.05) is 46.4 Å². The lowest BCUT2D eigenvalue weighted by molar-refractivity contribution is -0.132. The number of carbonyl (C=O) groups excluding carboxylic acids is 1. The SMILES string of the molecule is C[C@@H]1CCO[C@@H]1C(=O)NCC1(N2CCCCC2)CCN(C)CC1. The summed E-state index contributed by atoms with van der Waals surface area (Å²) >= 11 is 0. The van der Waals surface area contributed by atoms with Gasteiger partial charge in [0.2, 0.25) is 5.91 Å². The largest absolute Gasteiger partial charge is 0.368 e. The molecule has 0 aliphatic carbocycles. The van der Waals surface area contributed by atoms with Gasteiger partial charge in [-0.05, 0) is 71.2 Å². The Morgan fingerprint density at radius 1 is 1.17 bits per heavy atom. The zero-order valence-corrected chi connectivity index (χ0v) is 14.9. The Bertz CT molecular complexity index is 401. The quantitative estimate of drug-likeness (QED) is 0.851. The first-order valence-electron chi connectivity index (χ1n) is 9.44. The summed E-state index contributed by atoms with van der Waals surface area (Å²) in [5.41, 5.74) is 0.157. The highest BCUT2D eigenvalue weighted by Gasteiger charge is 2.41. The van der Waals surface area contributed by atoms with E-state index in [0.29, 0.717) is 5.92 Å². The standard InChI is InChI=1S/C18H33N3O2/c1-15-6-13-23-16(15)17(22)19-14-18(7-11-20(2)12-8-18)21-9-4-3-5-10-21/h15-16H,3-14H2,1-2H3,(H,19,22)/t15-,16+/m1/s1. The summed E-state index contributed by atoms with van der Waals surface area (Å²) in [6, 6.07) is 0. The molecule has 5 heteroatoms. The molecule has 3 saturated heterocycles. The van der Waals surface area contributed by atoms with Gasteiger partial charge < -0.3 is 15.0 Å². The normalized spacial score (nSPS) is 32.8. The minimum Gasteiger partial charge on any atom is -0.368 e. The van der Waals surface area contributed by atoms with Crippen molar-refractivity contribution >= 4 is 5.91 Å². The Kier molecular flexibility index (Phi) is 5.60. The third-order valence-electron chi connectivity index (χ3n) is 6.18. The van der Waals surface area contributed by atoms with E-state index in [9.17, 15) is 4.79 Å². The van der Waals surface area contributed by atoms with E-state index in [2.05, 4.69) is 29.1 Å². The van der Waals surface area contributed by atoms with Crippen LogP contribution in [0.4, 0.5) is 0 Å². The summed E-state index contributed by atoms with van der Waals surface area (Å²) in [4.78, 5) is 17.6. The van der Waals surface area contributed by atoms with Gasteiger partial charge in [-0.1, -0.05) is 13.3 Å². The molecule has 1 amide bonds.